The van der Waals surface area contributed by atoms with E-state index in [0.717, 1.165) is 21.8 Å². The van der Waals surface area contributed by atoms with Crippen LogP contribution in [0.5, 0.6) is 5.75 Å². The topological polar surface area (TPSA) is 64.6 Å². The van der Waals surface area contributed by atoms with E-state index in [1.54, 1.807) is 14.0 Å². The number of nitrogens with one attached hydrogen (secondary N) is 1. The first-order valence-electron chi connectivity index (χ1n) is 8.27. The van der Waals surface area contributed by atoms with Crippen molar-refractivity contribution < 1.29 is 19.1 Å². The van der Waals surface area contributed by atoms with Crippen LogP contribution in [0.1, 0.15) is 18.1 Å². The average molecular weight is 373 g/mol. The highest BCUT2D eigenvalue weighted by molar-refractivity contribution is 8.00. The summed E-state index contributed by atoms with van der Waals surface area (Å²) < 4.78 is 10.3. The van der Waals surface area contributed by atoms with Crippen molar-refractivity contribution in [2.45, 2.75) is 31.4 Å². The third-order valence-corrected chi connectivity index (χ3v) is 4.67. The summed E-state index contributed by atoms with van der Waals surface area (Å²) in [5.41, 5.74) is 2.16. The van der Waals surface area contributed by atoms with E-state index in [2.05, 4.69) is 5.32 Å². The fourth-order valence-electron chi connectivity index (χ4n) is 2.14. The number of methoxy groups -OCH3 is 1. The molecule has 0 aromatic heterocycles. The zero-order valence-electron chi connectivity index (χ0n) is 15.2. The third kappa shape index (κ3) is 6.44. The Morgan fingerprint density at radius 3 is 2.35 bits per heavy atom. The second-order valence-electron chi connectivity index (χ2n) is 5.80. The summed E-state index contributed by atoms with van der Waals surface area (Å²) in [5.74, 6) is 0.162. The molecule has 2 aromatic carbocycles. The molecule has 0 saturated carbocycles. The molecule has 2 aromatic rings. The van der Waals surface area contributed by atoms with Gasteiger partial charge in [0.2, 0.25) is 0 Å². The van der Waals surface area contributed by atoms with E-state index in [1.807, 2.05) is 55.5 Å². The van der Waals surface area contributed by atoms with Crippen molar-refractivity contribution in [3.63, 3.8) is 0 Å². The van der Waals surface area contributed by atoms with Gasteiger partial charge in [-0.3, -0.25) is 9.59 Å². The van der Waals surface area contributed by atoms with Crippen molar-refractivity contribution in [1.82, 2.24) is 5.32 Å². The van der Waals surface area contributed by atoms with Gasteiger partial charge < -0.3 is 14.8 Å². The van der Waals surface area contributed by atoms with Gasteiger partial charge in [-0.1, -0.05) is 29.8 Å². The number of rotatable bonds is 8. The van der Waals surface area contributed by atoms with Gasteiger partial charge in [0.05, 0.1) is 12.9 Å². The Labute approximate surface area is 158 Å². The average Bonchev–Trinajstić information content (AvgIpc) is 2.66. The number of hydrogen-bond donors (Lipinski definition) is 1. The molecule has 2 rings (SSSR count). The summed E-state index contributed by atoms with van der Waals surface area (Å²) >= 11 is 1.35. The van der Waals surface area contributed by atoms with Gasteiger partial charge in [-0.05, 0) is 43.7 Å². The molecule has 0 fully saturated rings. The van der Waals surface area contributed by atoms with Crippen LogP contribution in [0.2, 0.25) is 0 Å². The van der Waals surface area contributed by atoms with Crippen LogP contribution in [0.25, 0.3) is 0 Å². The summed E-state index contributed by atoms with van der Waals surface area (Å²) in [6.45, 7) is 3.98. The molecule has 6 heteroatoms. The minimum Gasteiger partial charge on any atom is -0.497 e. The standard InChI is InChI=1S/C20H23NO4S/c1-14-4-6-16(7-5-14)12-21-20(23)15(2)25-19(22)13-26-18-10-8-17(24-3)9-11-18/h4-11,15H,12-13H2,1-3H3,(H,21,23)/t15-/m0/s1. The molecule has 0 spiro atoms. The Morgan fingerprint density at radius 1 is 1.08 bits per heavy atom. The van der Waals surface area contributed by atoms with Crippen LogP contribution < -0.4 is 10.1 Å². The Balaban J connectivity index is 1.72. The van der Waals surface area contributed by atoms with E-state index in [1.165, 1.54) is 11.8 Å². The number of esters is 1. The maximum atomic E-state index is 12.1. The zero-order valence-corrected chi connectivity index (χ0v) is 16.0. The Bertz CT molecular complexity index is 728. The van der Waals surface area contributed by atoms with E-state index in [4.69, 9.17) is 9.47 Å². The lowest BCUT2D eigenvalue weighted by atomic mass is 10.1. The molecule has 1 N–H and O–H groups in total. The summed E-state index contributed by atoms with van der Waals surface area (Å²) in [7, 11) is 1.60. The molecule has 0 unspecified atom stereocenters. The molecule has 0 aliphatic carbocycles. The molecule has 1 atom stereocenters. The normalized spacial score (nSPS) is 11.5. The van der Waals surface area contributed by atoms with E-state index in [9.17, 15) is 9.59 Å². The molecule has 26 heavy (non-hydrogen) atoms. The maximum absolute atomic E-state index is 12.1. The van der Waals surface area contributed by atoms with E-state index in [-0.39, 0.29) is 11.7 Å². The first kappa shape index (κ1) is 19.8. The summed E-state index contributed by atoms with van der Waals surface area (Å²) in [6.07, 6.45) is -0.829. The molecule has 0 aliphatic heterocycles. The van der Waals surface area contributed by atoms with Crippen LogP contribution in [0, 0.1) is 6.92 Å². The van der Waals surface area contributed by atoms with Crippen molar-refractivity contribution in [2.75, 3.05) is 12.9 Å². The number of aryl methyl sites for hydroxylation is 1. The second-order valence-corrected chi connectivity index (χ2v) is 6.85. The smallest absolute Gasteiger partial charge is 0.317 e. The number of hydrogen-bond acceptors (Lipinski definition) is 5. The zero-order chi connectivity index (χ0) is 18.9. The van der Waals surface area contributed by atoms with Crippen LogP contribution in [-0.2, 0) is 20.9 Å². The van der Waals surface area contributed by atoms with E-state index < -0.39 is 12.1 Å². The van der Waals surface area contributed by atoms with Crippen LogP contribution in [0.4, 0.5) is 0 Å². The van der Waals surface area contributed by atoms with Crippen LogP contribution in [-0.4, -0.2) is 30.8 Å². The molecule has 1 amide bonds. The van der Waals surface area contributed by atoms with Gasteiger partial charge in [-0.2, -0.15) is 0 Å². The number of ether oxygens (including phenoxy) is 2. The molecular formula is C20H23NO4S. The van der Waals surface area contributed by atoms with Gasteiger partial charge in [0, 0.05) is 11.4 Å². The molecule has 138 valence electrons. The first-order chi connectivity index (χ1) is 12.5. The van der Waals surface area contributed by atoms with Crippen LogP contribution in [0.15, 0.2) is 53.4 Å². The molecule has 5 nitrogen and oxygen atoms in total. The fraction of sp³-hybridized carbons (Fsp3) is 0.300. The van der Waals surface area contributed by atoms with Crippen molar-refractivity contribution in [3.8, 4) is 5.75 Å². The largest absolute Gasteiger partial charge is 0.497 e. The molecule has 0 heterocycles. The quantitative estimate of drug-likeness (QED) is 0.568. The monoisotopic (exact) mass is 373 g/mol. The lowest BCUT2D eigenvalue weighted by Gasteiger charge is -2.13. The summed E-state index contributed by atoms with van der Waals surface area (Å²) in [5, 5.41) is 2.77. The lowest BCUT2D eigenvalue weighted by molar-refractivity contribution is -0.152. The van der Waals surface area contributed by atoms with Gasteiger partial charge in [0.25, 0.3) is 5.91 Å². The number of amides is 1. The molecule has 0 aliphatic rings. The SMILES string of the molecule is COc1ccc(SCC(=O)O[C@@H](C)C(=O)NCc2ccc(C)cc2)cc1. The van der Waals surface area contributed by atoms with Gasteiger partial charge in [0.1, 0.15) is 5.75 Å². The number of benzene rings is 2. The van der Waals surface area contributed by atoms with Gasteiger partial charge in [0.15, 0.2) is 6.10 Å². The predicted octanol–water partition coefficient (Wildman–Crippen LogP) is 3.34. The van der Waals surface area contributed by atoms with Crippen LogP contribution >= 0.6 is 11.8 Å². The van der Waals surface area contributed by atoms with Gasteiger partial charge >= 0.3 is 5.97 Å². The molecule has 0 saturated heterocycles. The highest BCUT2D eigenvalue weighted by Crippen LogP contribution is 2.21. The lowest BCUT2D eigenvalue weighted by Crippen LogP contribution is -2.35. The number of carbonyl (C=O) groups excluding carboxylic acids is 2. The van der Waals surface area contributed by atoms with Gasteiger partial charge in [-0.15, -0.1) is 11.8 Å². The Kier molecular flexibility index (Phi) is 7.53. The summed E-state index contributed by atoms with van der Waals surface area (Å²) in [4.78, 5) is 24.9. The van der Waals surface area contributed by atoms with E-state index in [0.29, 0.717) is 6.54 Å². The minimum absolute atomic E-state index is 0.141. The number of carbonyl (C=O) groups is 2. The first-order valence-corrected chi connectivity index (χ1v) is 9.26. The molecule has 0 bridgehead atoms. The number of thioether (sulfide) groups is 1. The van der Waals surface area contributed by atoms with E-state index >= 15 is 0 Å². The highest BCUT2D eigenvalue weighted by atomic mass is 32.2. The Morgan fingerprint density at radius 2 is 1.73 bits per heavy atom. The fourth-order valence-corrected chi connectivity index (χ4v) is 2.82. The maximum Gasteiger partial charge on any atom is 0.317 e. The van der Waals surface area contributed by atoms with Crippen LogP contribution in [0.3, 0.4) is 0 Å². The van der Waals surface area contributed by atoms with Crippen molar-refractivity contribution in [1.29, 1.82) is 0 Å². The highest BCUT2D eigenvalue weighted by Gasteiger charge is 2.17. The molecular weight excluding hydrogens is 350 g/mol. The minimum atomic E-state index is -0.829. The Hall–Kier alpha value is -2.47. The second kappa shape index (κ2) is 9.87. The summed E-state index contributed by atoms with van der Waals surface area (Å²) in [6, 6.07) is 15.3. The van der Waals surface area contributed by atoms with Crippen molar-refractivity contribution in [2.24, 2.45) is 0 Å². The van der Waals surface area contributed by atoms with Crippen molar-refractivity contribution >= 4 is 23.6 Å². The van der Waals surface area contributed by atoms with Crippen molar-refractivity contribution in [3.05, 3.63) is 59.7 Å². The molecule has 0 radical (unpaired) electrons. The van der Waals surface area contributed by atoms with Gasteiger partial charge in [-0.25, -0.2) is 0 Å². The predicted molar refractivity (Wildman–Crippen MR) is 102 cm³/mol. The third-order valence-electron chi connectivity index (χ3n) is 3.68.